The number of hydrogen-bond donors (Lipinski definition) is 3. The standard InChI is InChI=1S/C7H8O2S/c1-4-2-5(8)3-6(10)7(4)9/h2-3,8-10H,1H3. The van der Waals surface area contributed by atoms with Gasteiger partial charge in [0.15, 0.2) is 0 Å². The fourth-order valence-electron chi connectivity index (χ4n) is 0.742. The minimum atomic E-state index is 0.125. The first kappa shape index (κ1) is 7.28. The quantitative estimate of drug-likeness (QED) is 0.395. The first-order valence-corrected chi connectivity index (χ1v) is 3.27. The summed E-state index contributed by atoms with van der Waals surface area (Å²) in [5.74, 6) is 0.251. The summed E-state index contributed by atoms with van der Waals surface area (Å²) in [4.78, 5) is 0.400. The highest BCUT2D eigenvalue weighted by molar-refractivity contribution is 7.80. The van der Waals surface area contributed by atoms with Crippen LogP contribution in [0.2, 0.25) is 0 Å². The number of benzene rings is 1. The van der Waals surface area contributed by atoms with E-state index < -0.39 is 0 Å². The third-order valence-electron chi connectivity index (χ3n) is 1.27. The number of rotatable bonds is 0. The van der Waals surface area contributed by atoms with Crippen molar-refractivity contribution in [3.8, 4) is 11.5 Å². The van der Waals surface area contributed by atoms with Crippen molar-refractivity contribution in [2.24, 2.45) is 0 Å². The van der Waals surface area contributed by atoms with Crippen molar-refractivity contribution >= 4 is 12.6 Å². The summed E-state index contributed by atoms with van der Waals surface area (Å²) in [5, 5.41) is 18.1. The van der Waals surface area contributed by atoms with E-state index in [2.05, 4.69) is 12.6 Å². The number of phenolic OH excluding ortho intramolecular Hbond substituents is 2. The molecule has 0 saturated heterocycles. The van der Waals surface area contributed by atoms with Crippen LogP contribution < -0.4 is 0 Å². The summed E-state index contributed by atoms with van der Waals surface area (Å²) >= 11 is 3.93. The van der Waals surface area contributed by atoms with Crippen LogP contribution in [-0.2, 0) is 0 Å². The Kier molecular flexibility index (Phi) is 1.76. The monoisotopic (exact) mass is 156 g/mol. The third-order valence-corrected chi connectivity index (χ3v) is 1.61. The van der Waals surface area contributed by atoms with Gasteiger partial charge in [0.05, 0.1) is 0 Å². The van der Waals surface area contributed by atoms with Gasteiger partial charge in [-0.1, -0.05) is 0 Å². The van der Waals surface area contributed by atoms with Crippen LogP contribution >= 0.6 is 12.6 Å². The van der Waals surface area contributed by atoms with Gasteiger partial charge in [-0.25, -0.2) is 0 Å². The second kappa shape index (κ2) is 2.42. The zero-order valence-electron chi connectivity index (χ0n) is 5.50. The molecule has 0 radical (unpaired) electrons. The molecule has 0 spiro atoms. The largest absolute Gasteiger partial charge is 0.508 e. The van der Waals surface area contributed by atoms with E-state index >= 15 is 0 Å². The molecule has 0 fully saturated rings. The van der Waals surface area contributed by atoms with E-state index in [1.165, 1.54) is 12.1 Å². The molecular weight excluding hydrogens is 148 g/mol. The van der Waals surface area contributed by atoms with E-state index in [4.69, 9.17) is 10.2 Å². The Morgan fingerprint density at radius 2 is 1.90 bits per heavy atom. The van der Waals surface area contributed by atoms with Crippen molar-refractivity contribution in [1.82, 2.24) is 0 Å². The normalized spacial score (nSPS) is 9.80. The molecule has 0 unspecified atom stereocenters. The molecule has 0 amide bonds. The van der Waals surface area contributed by atoms with Crippen molar-refractivity contribution in [3.63, 3.8) is 0 Å². The summed E-state index contributed by atoms with van der Waals surface area (Å²) in [6.07, 6.45) is 0. The summed E-state index contributed by atoms with van der Waals surface area (Å²) in [6, 6.07) is 2.88. The molecule has 0 heterocycles. The molecule has 0 bridgehead atoms. The molecule has 0 aromatic heterocycles. The van der Waals surface area contributed by atoms with Crippen molar-refractivity contribution < 1.29 is 10.2 Å². The van der Waals surface area contributed by atoms with Gasteiger partial charge in [0.25, 0.3) is 0 Å². The van der Waals surface area contributed by atoms with Crippen LogP contribution in [0.1, 0.15) is 5.56 Å². The number of aryl methyl sites for hydroxylation is 1. The van der Waals surface area contributed by atoms with E-state index in [9.17, 15) is 0 Å². The van der Waals surface area contributed by atoms with Gasteiger partial charge in [0.1, 0.15) is 11.5 Å². The molecule has 2 nitrogen and oxygen atoms in total. The topological polar surface area (TPSA) is 40.5 Å². The molecule has 1 rings (SSSR count). The van der Waals surface area contributed by atoms with Crippen LogP contribution in [-0.4, -0.2) is 10.2 Å². The Morgan fingerprint density at radius 3 is 2.40 bits per heavy atom. The number of hydrogen-bond acceptors (Lipinski definition) is 3. The Balaban J connectivity index is 3.31. The van der Waals surface area contributed by atoms with Gasteiger partial charge in [-0.2, -0.15) is 0 Å². The van der Waals surface area contributed by atoms with Gasteiger partial charge in [0.2, 0.25) is 0 Å². The van der Waals surface area contributed by atoms with E-state index in [1.807, 2.05) is 0 Å². The van der Waals surface area contributed by atoms with Crippen molar-refractivity contribution in [1.29, 1.82) is 0 Å². The lowest BCUT2D eigenvalue weighted by molar-refractivity contribution is 0.445. The van der Waals surface area contributed by atoms with Crippen LogP contribution in [0.3, 0.4) is 0 Å². The van der Waals surface area contributed by atoms with E-state index in [1.54, 1.807) is 6.92 Å². The van der Waals surface area contributed by atoms with Crippen LogP contribution in [0.4, 0.5) is 0 Å². The van der Waals surface area contributed by atoms with Gasteiger partial charge in [-0.3, -0.25) is 0 Å². The van der Waals surface area contributed by atoms with Gasteiger partial charge < -0.3 is 10.2 Å². The van der Waals surface area contributed by atoms with E-state index in [0.29, 0.717) is 10.5 Å². The van der Waals surface area contributed by atoms with Gasteiger partial charge in [0, 0.05) is 4.90 Å². The highest BCUT2D eigenvalue weighted by Crippen LogP contribution is 2.29. The molecule has 0 atom stereocenters. The fourth-order valence-corrected chi connectivity index (χ4v) is 1.05. The lowest BCUT2D eigenvalue weighted by atomic mass is 10.2. The summed E-state index contributed by atoms with van der Waals surface area (Å²) < 4.78 is 0. The first-order valence-electron chi connectivity index (χ1n) is 2.83. The van der Waals surface area contributed by atoms with Crippen LogP contribution in [0.5, 0.6) is 11.5 Å². The zero-order valence-corrected chi connectivity index (χ0v) is 6.39. The van der Waals surface area contributed by atoms with Crippen molar-refractivity contribution in [3.05, 3.63) is 17.7 Å². The molecule has 2 N–H and O–H groups in total. The summed E-state index contributed by atoms with van der Waals surface area (Å²) in [6.45, 7) is 1.70. The fraction of sp³-hybridized carbons (Fsp3) is 0.143. The third kappa shape index (κ3) is 1.19. The summed E-state index contributed by atoms with van der Waals surface area (Å²) in [5.41, 5.74) is 0.630. The number of thiol groups is 1. The SMILES string of the molecule is Cc1cc(O)cc(S)c1O. The highest BCUT2D eigenvalue weighted by atomic mass is 32.1. The first-order chi connectivity index (χ1) is 4.61. The zero-order chi connectivity index (χ0) is 7.72. The molecule has 0 aliphatic heterocycles. The number of phenols is 2. The molecule has 3 heteroatoms. The molecule has 1 aromatic carbocycles. The number of aromatic hydroxyl groups is 2. The van der Waals surface area contributed by atoms with Crippen molar-refractivity contribution in [2.75, 3.05) is 0 Å². The van der Waals surface area contributed by atoms with Crippen LogP contribution in [0, 0.1) is 6.92 Å². The van der Waals surface area contributed by atoms with Gasteiger partial charge >= 0.3 is 0 Å². The Morgan fingerprint density at radius 1 is 1.30 bits per heavy atom. The Labute approximate surface area is 64.5 Å². The average molecular weight is 156 g/mol. The lowest BCUT2D eigenvalue weighted by Gasteiger charge is -2.01. The minimum absolute atomic E-state index is 0.125. The molecule has 10 heavy (non-hydrogen) atoms. The van der Waals surface area contributed by atoms with Gasteiger partial charge in [-0.15, -0.1) is 12.6 Å². The molecular formula is C7H8O2S. The molecule has 0 saturated carbocycles. The van der Waals surface area contributed by atoms with Crippen LogP contribution in [0.15, 0.2) is 17.0 Å². The maximum atomic E-state index is 9.14. The predicted molar refractivity (Wildman–Crippen MR) is 41.8 cm³/mol. The van der Waals surface area contributed by atoms with Crippen LogP contribution in [0.25, 0.3) is 0 Å². The summed E-state index contributed by atoms with van der Waals surface area (Å²) in [7, 11) is 0. The second-order valence-electron chi connectivity index (χ2n) is 2.13. The van der Waals surface area contributed by atoms with E-state index in [-0.39, 0.29) is 11.5 Å². The minimum Gasteiger partial charge on any atom is -0.508 e. The Hall–Kier alpha value is -0.830. The maximum absolute atomic E-state index is 9.14. The molecule has 0 aliphatic rings. The highest BCUT2D eigenvalue weighted by Gasteiger charge is 2.01. The molecule has 1 aromatic rings. The smallest absolute Gasteiger partial charge is 0.132 e. The molecule has 0 aliphatic carbocycles. The average Bonchev–Trinajstić information content (AvgIpc) is 1.82. The maximum Gasteiger partial charge on any atom is 0.132 e. The second-order valence-corrected chi connectivity index (χ2v) is 2.61. The molecule has 54 valence electrons. The van der Waals surface area contributed by atoms with Gasteiger partial charge in [-0.05, 0) is 24.6 Å². The lowest BCUT2D eigenvalue weighted by Crippen LogP contribution is -1.76. The van der Waals surface area contributed by atoms with Crippen molar-refractivity contribution in [2.45, 2.75) is 11.8 Å². The predicted octanol–water partition coefficient (Wildman–Crippen LogP) is 1.69. The van der Waals surface area contributed by atoms with E-state index in [0.717, 1.165) is 0 Å². The Bertz CT molecular complexity index is 235.